The van der Waals surface area contributed by atoms with Crippen LogP contribution in [-0.4, -0.2) is 21.6 Å². The molecule has 7 nitrogen and oxygen atoms in total. The van der Waals surface area contributed by atoms with Crippen LogP contribution >= 0.6 is 0 Å². The fourth-order valence-electron chi connectivity index (χ4n) is 2.00. The summed E-state index contributed by atoms with van der Waals surface area (Å²) in [5, 5.41) is 6.68. The molecule has 0 spiro atoms. The van der Waals surface area contributed by atoms with Crippen molar-refractivity contribution in [2.24, 2.45) is 18.5 Å². The summed E-state index contributed by atoms with van der Waals surface area (Å²) in [4.78, 5) is 23.5. The Labute approximate surface area is 121 Å². The highest BCUT2D eigenvalue weighted by Gasteiger charge is 2.19. The second-order valence-corrected chi connectivity index (χ2v) is 4.76. The number of carbonyl (C=O) groups excluding carboxylic acids is 2. The third-order valence-electron chi connectivity index (χ3n) is 3.22. The number of aryl methyl sites for hydroxylation is 1. The van der Waals surface area contributed by atoms with Crippen LogP contribution in [0.25, 0.3) is 0 Å². The number of benzene rings is 1. The Bertz CT molecular complexity index is 692. The summed E-state index contributed by atoms with van der Waals surface area (Å²) in [6.07, 6.45) is 3.22. The number of nitrogens with zero attached hydrogens (tertiary/aromatic N) is 2. The molecule has 1 aromatic heterocycles. The Balaban J connectivity index is 2.20. The largest absolute Gasteiger partial charge is 0.366 e. The van der Waals surface area contributed by atoms with E-state index >= 15 is 0 Å². The van der Waals surface area contributed by atoms with E-state index in [1.807, 2.05) is 0 Å². The summed E-state index contributed by atoms with van der Waals surface area (Å²) in [7, 11) is 1.74. The third kappa shape index (κ3) is 3.09. The molecule has 0 fully saturated rings. The Morgan fingerprint density at radius 2 is 2.10 bits per heavy atom. The minimum Gasteiger partial charge on any atom is -0.366 e. The van der Waals surface area contributed by atoms with Gasteiger partial charge in [0, 0.05) is 30.1 Å². The van der Waals surface area contributed by atoms with E-state index in [-0.39, 0.29) is 5.91 Å². The minimum atomic E-state index is -0.838. The standard InChI is InChI=1S/C14H17N5O2/c1-8-10(13(16)20)4-3-5-11(8)18-14(21)12(15)9-6-17-19(2)7-9/h3-7,12H,15H2,1-2H3,(H2,16,20)(H,18,21). The molecule has 0 radical (unpaired) electrons. The maximum absolute atomic E-state index is 12.2. The van der Waals surface area contributed by atoms with E-state index in [1.54, 1.807) is 43.0 Å². The lowest BCUT2D eigenvalue weighted by Crippen LogP contribution is -2.28. The number of hydrogen-bond donors (Lipinski definition) is 3. The zero-order chi connectivity index (χ0) is 15.6. The molecule has 0 aliphatic heterocycles. The van der Waals surface area contributed by atoms with Crippen LogP contribution in [0.5, 0.6) is 0 Å². The molecule has 0 aliphatic rings. The van der Waals surface area contributed by atoms with Gasteiger partial charge in [-0.05, 0) is 24.6 Å². The van der Waals surface area contributed by atoms with Crippen molar-refractivity contribution >= 4 is 17.5 Å². The zero-order valence-electron chi connectivity index (χ0n) is 11.8. The molecule has 1 heterocycles. The fourth-order valence-corrected chi connectivity index (χ4v) is 2.00. The molecule has 0 saturated heterocycles. The Morgan fingerprint density at radius 1 is 1.38 bits per heavy atom. The summed E-state index contributed by atoms with van der Waals surface area (Å²) < 4.78 is 1.57. The summed E-state index contributed by atoms with van der Waals surface area (Å²) in [6, 6.07) is 4.11. The van der Waals surface area contributed by atoms with Gasteiger partial charge in [-0.1, -0.05) is 6.07 Å². The molecule has 7 heteroatoms. The van der Waals surface area contributed by atoms with E-state index in [0.29, 0.717) is 22.4 Å². The molecule has 0 saturated carbocycles. The van der Waals surface area contributed by atoms with Crippen molar-refractivity contribution in [3.05, 3.63) is 47.3 Å². The van der Waals surface area contributed by atoms with Gasteiger partial charge >= 0.3 is 0 Å². The van der Waals surface area contributed by atoms with Gasteiger partial charge in [0.2, 0.25) is 11.8 Å². The highest BCUT2D eigenvalue weighted by atomic mass is 16.2. The topological polar surface area (TPSA) is 116 Å². The molecule has 0 aliphatic carbocycles. The van der Waals surface area contributed by atoms with E-state index in [1.165, 1.54) is 6.20 Å². The van der Waals surface area contributed by atoms with Gasteiger partial charge in [0.15, 0.2) is 0 Å². The van der Waals surface area contributed by atoms with E-state index in [4.69, 9.17) is 11.5 Å². The molecular formula is C14H17N5O2. The summed E-state index contributed by atoms with van der Waals surface area (Å²) in [6.45, 7) is 1.71. The van der Waals surface area contributed by atoms with Crippen LogP contribution in [0.15, 0.2) is 30.6 Å². The number of rotatable bonds is 4. The van der Waals surface area contributed by atoms with Gasteiger partial charge in [-0.2, -0.15) is 5.10 Å². The average Bonchev–Trinajstić information content (AvgIpc) is 2.86. The van der Waals surface area contributed by atoms with Gasteiger partial charge in [0.05, 0.1) is 6.20 Å². The fraction of sp³-hybridized carbons (Fsp3) is 0.214. The Morgan fingerprint density at radius 3 is 2.67 bits per heavy atom. The molecule has 1 aromatic carbocycles. The lowest BCUT2D eigenvalue weighted by Gasteiger charge is -2.14. The lowest BCUT2D eigenvalue weighted by atomic mass is 10.1. The van der Waals surface area contributed by atoms with Crippen LogP contribution in [0, 0.1) is 6.92 Å². The monoisotopic (exact) mass is 287 g/mol. The first-order chi connectivity index (χ1) is 9.90. The van der Waals surface area contributed by atoms with Gasteiger partial charge in [-0.25, -0.2) is 0 Å². The Hall–Kier alpha value is -2.67. The van der Waals surface area contributed by atoms with Crippen molar-refractivity contribution in [2.45, 2.75) is 13.0 Å². The molecule has 1 atom stereocenters. The maximum Gasteiger partial charge on any atom is 0.249 e. The second-order valence-electron chi connectivity index (χ2n) is 4.76. The summed E-state index contributed by atoms with van der Waals surface area (Å²) in [5.41, 5.74) is 13.3. The third-order valence-corrected chi connectivity index (χ3v) is 3.22. The molecular weight excluding hydrogens is 270 g/mol. The molecule has 110 valence electrons. The molecule has 0 bridgehead atoms. The average molecular weight is 287 g/mol. The maximum atomic E-state index is 12.2. The van der Waals surface area contributed by atoms with Crippen molar-refractivity contribution < 1.29 is 9.59 Å². The van der Waals surface area contributed by atoms with Gasteiger partial charge in [-0.3, -0.25) is 14.3 Å². The van der Waals surface area contributed by atoms with Crippen LogP contribution in [-0.2, 0) is 11.8 Å². The first-order valence-electron chi connectivity index (χ1n) is 6.34. The van der Waals surface area contributed by atoms with Gasteiger partial charge in [0.25, 0.3) is 0 Å². The zero-order valence-corrected chi connectivity index (χ0v) is 11.8. The minimum absolute atomic E-state index is 0.364. The highest BCUT2D eigenvalue weighted by Crippen LogP contribution is 2.20. The number of nitrogens with one attached hydrogen (secondary N) is 1. The number of carbonyl (C=O) groups is 2. The van der Waals surface area contributed by atoms with Crippen molar-refractivity contribution in [3.8, 4) is 0 Å². The number of anilines is 1. The van der Waals surface area contributed by atoms with Gasteiger partial charge < -0.3 is 16.8 Å². The molecule has 2 rings (SSSR count). The molecule has 5 N–H and O–H groups in total. The van der Waals surface area contributed by atoms with E-state index in [9.17, 15) is 9.59 Å². The van der Waals surface area contributed by atoms with Crippen molar-refractivity contribution in [2.75, 3.05) is 5.32 Å². The predicted octanol–water partition coefficient (Wildman–Crippen LogP) is 0.466. The van der Waals surface area contributed by atoms with Crippen LogP contribution in [0.3, 0.4) is 0 Å². The summed E-state index contributed by atoms with van der Waals surface area (Å²) in [5.74, 6) is -0.923. The number of aromatic nitrogens is 2. The lowest BCUT2D eigenvalue weighted by molar-refractivity contribution is -0.117. The van der Waals surface area contributed by atoms with Crippen LogP contribution in [0.4, 0.5) is 5.69 Å². The molecule has 21 heavy (non-hydrogen) atoms. The van der Waals surface area contributed by atoms with Crippen LogP contribution < -0.4 is 16.8 Å². The first-order valence-corrected chi connectivity index (χ1v) is 6.34. The predicted molar refractivity (Wildman–Crippen MR) is 78.5 cm³/mol. The van der Waals surface area contributed by atoms with Crippen molar-refractivity contribution in [1.29, 1.82) is 0 Å². The van der Waals surface area contributed by atoms with E-state index in [2.05, 4.69) is 10.4 Å². The second kappa shape index (κ2) is 5.76. The SMILES string of the molecule is Cc1c(NC(=O)C(N)c2cnn(C)c2)cccc1C(N)=O. The van der Waals surface area contributed by atoms with Crippen molar-refractivity contribution in [1.82, 2.24) is 9.78 Å². The van der Waals surface area contributed by atoms with Gasteiger partial charge in [0.1, 0.15) is 6.04 Å². The van der Waals surface area contributed by atoms with Gasteiger partial charge in [-0.15, -0.1) is 0 Å². The summed E-state index contributed by atoms with van der Waals surface area (Å²) >= 11 is 0. The smallest absolute Gasteiger partial charge is 0.249 e. The Kier molecular flexibility index (Phi) is 4.04. The number of amides is 2. The van der Waals surface area contributed by atoms with Crippen LogP contribution in [0.1, 0.15) is 27.5 Å². The van der Waals surface area contributed by atoms with E-state index in [0.717, 1.165) is 0 Å². The number of hydrogen-bond acceptors (Lipinski definition) is 4. The molecule has 1 unspecified atom stereocenters. The quantitative estimate of drug-likeness (QED) is 0.757. The first kappa shape index (κ1) is 14.7. The van der Waals surface area contributed by atoms with Crippen LogP contribution in [0.2, 0.25) is 0 Å². The molecule has 2 aromatic rings. The highest BCUT2D eigenvalue weighted by molar-refractivity contribution is 6.00. The number of primary amides is 1. The number of nitrogens with two attached hydrogens (primary N) is 2. The van der Waals surface area contributed by atoms with E-state index < -0.39 is 11.9 Å². The normalized spacial score (nSPS) is 12.0. The molecule has 2 amide bonds. The van der Waals surface area contributed by atoms with Crippen molar-refractivity contribution in [3.63, 3.8) is 0 Å².